The summed E-state index contributed by atoms with van der Waals surface area (Å²) in [6.07, 6.45) is 0. The molecule has 0 aliphatic rings. The first kappa shape index (κ1) is 16.6. The van der Waals surface area contributed by atoms with E-state index in [2.05, 4.69) is 5.32 Å². The zero-order valence-electron chi connectivity index (χ0n) is 14.2. The van der Waals surface area contributed by atoms with Crippen LogP contribution in [0.25, 0.3) is 0 Å². The van der Waals surface area contributed by atoms with Gasteiger partial charge in [0.1, 0.15) is 17.2 Å². The molecule has 0 saturated heterocycles. The molecule has 3 aromatic rings. The van der Waals surface area contributed by atoms with Crippen LogP contribution in [0.5, 0.6) is 17.2 Å². The van der Waals surface area contributed by atoms with E-state index >= 15 is 0 Å². The highest BCUT2D eigenvalue weighted by molar-refractivity contribution is 6.04. The van der Waals surface area contributed by atoms with Crippen molar-refractivity contribution < 1.29 is 14.3 Å². The molecule has 126 valence electrons. The van der Waals surface area contributed by atoms with Gasteiger partial charge in [0.2, 0.25) is 0 Å². The Hall–Kier alpha value is -3.27. The summed E-state index contributed by atoms with van der Waals surface area (Å²) in [5, 5.41) is 2.87. The zero-order valence-corrected chi connectivity index (χ0v) is 14.2. The Morgan fingerprint density at radius 1 is 0.840 bits per heavy atom. The number of amides is 1. The molecule has 4 heteroatoms. The molecule has 0 atom stereocenters. The lowest BCUT2D eigenvalue weighted by Crippen LogP contribution is -2.11. The van der Waals surface area contributed by atoms with Gasteiger partial charge in [-0.25, -0.2) is 0 Å². The molecule has 0 fully saturated rings. The van der Waals surface area contributed by atoms with Crippen LogP contribution in [-0.2, 0) is 0 Å². The fourth-order valence-corrected chi connectivity index (χ4v) is 2.35. The van der Waals surface area contributed by atoms with Crippen molar-refractivity contribution in [3.05, 3.63) is 83.9 Å². The molecular formula is C21H19NO3. The Morgan fingerprint density at radius 2 is 1.56 bits per heavy atom. The molecule has 0 radical (unpaired) electrons. The summed E-state index contributed by atoms with van der Waals surface area (Å²) in [6.45, 7) is 2.03. The van der Waals surface area contributed by atoms with E-state index in [1.54, 1.807) is 37.4 Å². The summed E-state index contributed by atoms with van der Waals surface area (Å²) in [6, 6.07) is 22.1. The standard InChI is InChI=1S/C21H19NO3/c1-15-9-11-18(12-10-15)25-20-8-4-6-17(14-20)22-21(23)16-5-3-7-19(13-16)24-2/h3-14H,1-2H3,(H,22,23). The van der Waals surface area contributed by atoms with E-state index in [1.807, 2.05) is 49.4 Å². The zero-order chi connectivity index (χ0) is 17.6. The fourth-order valence-electron chi connectivity index (χ4n) is 2.35. The first-order valence-corrected chi connectivity index (χ1v) is 7.94. The van der Waals surface area contributed by atoms with E-state index in [9.17, 15) is 4.79 Å². The predicted octanol–water partition coefficient (Wildman–Crippen LogP) is 5.05. The Morgan fingerprint density at radius 3 is 2.32 bits per heavy atom. The Kier molecular flexibility index (Phi) is 5.00. The van der Waals surface area contributed by atoms with Gasteiger partial charge in [-0.05, 0) is 49.4 Å². The summed E-state index contributed by atoms with van der Waals surface area (Å²) >= 11 is 0. The minimum Gasteiger partial charge on any atom is -0.497 e. The molecule has 0 spiro atoms. The second-order valence-corrected chi connectivity index (χ2v) is 5.63. The normalized spacial score (nSPS) is 10.2. The molecule has 0 aromatic heterocycles. The van der Waals surface area contributed by atoms with E-state index in [4.69, 9.17) is 9.47 Å². The van der Waals surface area contributed by atoms with Crippen molar-refractivity contribution in [1.29, 1.82) is 0 Å². The molecule has 1 amide bonds. The first-order valence-electron chi connectivity index (χ1n) is 7.94. The van der Waals surface area contributed by atoms with Crippen LogP contribution in [0.3, 0.4) is 0 Å². The van der Waals surface area contributed by atoms with Crippen LogP contribution in [0.15, 0.2) is 72.8 Å². The van der Waals surface area contributed by atoms with Gasteiger partial charge < -0.3 is 14.8 Å². The van der Waals surface area contributed by atoms with Crippen LogP contribution in [-0.4, -0.2) is 13.0 Å². The average molecular weight is 333 g/mol. The third-order valence-electron chi connectivity index (χ3n) is 3.68. The molecule has 0 aliphatic carbocycles. The number of carbonyl (C=O) groups is 1. The molecule has 0 bridgehead atoms. The number of hydrogen-bond acceptors (Lipinski definition) is 3. The van der Waals surface area contributed by atoms with Crippen molar-refractivity contribution in [3.63, 3.8) is 0 Å². The maximum absolute atomic E-state index is 12.4. The second-order valence-electron chi connectivity index (χ2n) is 5.63. The molecular weight excluding hydrogens is 314 g/mol. The Balaban J connectivity index is 1.72. The van der Waals surface area contributed by atoms with Crippen LogP contribution < -0.4 is 14.8 Å². The highest BCUT2D eigenvalue weighted by Crippen LogP contribution is 2.25. The lowest BCUT2D eigenvalue weighted by molar-refractivity contribution is 0.102. The van der Waals surface area contributed by atoms with Crippen LogP contribution in [0, 0.1) is 6.92 Å². The van der Waals surface area contributed by atoms with Gasteiger partial charge >= 0.3 is 0 Å². The third-order valence-corrected chi connectivity index (χ3v) is 3.68. The van der Waals surface area contributed by atoms with Gasteiger partial charge in [-0.2, -0.15) is 0 Å². The molecule has 0 saturated carbocycles. The number of rotatable bonds is 5. The topological polar surface area (TPSA) is 47.6 Å². The lowest BCUT2D eigenvalue weighted by atomic mass is 10.2. The number of benzene rings is 3. The summed E-state index contributed by atoms with van der Waals surface area (Å²) in [5.41, 5.74) is 2.37. The van der Waals surface area contributed by atoms with Gasteiger partial charge in [-0.1, -0.05) is 29.8 Å². The number of aryl methyl sites for hydroxylation is 1. The maximum Gasteiger partial charge on any atom is 0.255 e. The quantitative estimate of drug-likeness (QED) is 0.711. The first-order chi connectivity index (χ1) is 12.1. The molecule has 0 heterocycles. The van der Waals surface area contributed by atoms with Crippen molar-refractivity contribution in [3.8, 4) is 17.2 Å². The monoisotopic (exact) mass is 333 g/mol. The van der Waals surface area contributed by atoms with Crippen molar-refractivity contribution in [1.82, 2.24) is 0 Å². The minimum atomic E-state index is -0.202. The summed E-state index contributed by atoms with van der Waals surface area (Å²) in [4.78, 5) is 12.4. The third kappa shape index (κ3) is 4.38. The smallest absolute Gasteiger partial charge is 0.255 e. The van der Waals surface area contributed by atoms with E-state index in [0.29, 0.717) is 22.7 Å². The molecule has 3 aromatic carbocycles. The van der Waals surface area contributed by atoms with Gasteiger partial charge in [-0.3, -0.25) is 4.79 Å². The number of ether oxygens (including phenoxy) is 2. The molecule has 0 unspecified atom stereocenters. The highest BCUT2D eigenvalue weighted by Gasteiger charge is 2.08. The number of methoxy groups -OCH3 is 1. The minimum absolute atomic E-state index is 0.202. The summed E-state index contributed by atoms with van der Waals surface area (Å²) < 4.78 is 11.0. The summed E-state index contributed by atoms with van der Waals surface area (Å²) in [5.74, 6) is 1.85. The fraction of sp³-hybridized carbons (Fsp3) is 0.0952. The van der Waals surface area contributed by atoms with E-state index in [0.717, 1.165) is 5.75 Å². The second kappa shape index (κ2) is 7.53. The average Bonchev–Trinajstić information content (AvgIpc) is 2.64. The van der Waals surface area contributed by atoms with Gasteiger partial charge in [-0.15, -0.1) is 0 Å². The highest BCUT2D eigenvalue weighted by atomic mass is 16.5. The van der Waals surface area contributed by atoms with Gasteiger partial charge in [0.25, 0.3) is 5.91 Å². The maximum atomic E-state index is 12.4. The van der Waals surface area contributed by atoms with Crippen molar-refractivity contribution in [2.24, 2.45) is 0 Å². The molecule has 25 heavy (non-hydrogen) atoms. The SMILES string of the molecule is COc1cccc(C(=O)Nc2cccc(Oc3ccc(C)cc3)c2)c1. The number of anilines is 1. The Labute approximate surface area is 147 Å². The van der Waals surface area contributed by atoms with Crippen LogP contribution in [0.1, 0.15) is 15.9 Å². The van der Waals surface area contributed by atoms with E-state index in [-0.39, 0.29) is 5.91 Å². The molecule has 1 N–H and O–H groups in total. The Bertz CT molecular complexity index is 872. The van der Waals surface area contributed by atoms with E-state index < -0.39 is 0 Å². The van der Waals surface area contributed by atoms with Crippen LogP contribution in [0.2, 0.25) is 0 Å². The molecule has 3 rings (SSSR count). The van der Waals surface area contributed by atoms with Crippen molar-refractivity contribution in [2.75, 3.05) is 12.4 Å². The number of carbonyl (C=O) groups excluding carboxylic acids is 1. The summed E-state index contributed by atoms with van der Waals surface area (Å²) in [7, 11) is 1.57. The van der Waals surface area contributed by atoms with Crippen LogP contribution >= 0.6 is 0 Å². The van der Waals surface area contributed by atoms with Crippen molar-refractivity contribution in [2.45, 2.75) is 6.92 Å². The van der Waals surface area contributed by atoms with Gasteiger partial charge in [0.15, 0.2) is 0 Å². The number of nitrogens with one attached hydrogen (secondary N) is 1. The van der Waals surface area contributed by atoms with Crippen molar-refractivity contribution >= 4 is 11.6 Å². The van der Waals surface area contributed by atoms with E-state index in [1.165, 1.54) is 5.56 Å². The molecule has 0 aliphatic heterocycles. The molecule has 4 nitrogen and oxygen atoms in total. The largest absolute Gasteiger partial charge is 0.497 e. The van der Waals surface area contributed by atoms with Gasteiger partial charge in [0, 0.05) is 17.3 Å². The number of hydrogen-bond donors (Lipinski definition) is 1. The van der Waals surface area contributed by atoms with Gasteiger partial charge in [0.05, 0.1) is 7.11 Å². The lowest BCUT2D eigenvalue weighted by Gasteiger charge is -2.10. The van der Waals surface area contributed by atoms with Crippen LogP contribution in [0.4, 0.5) is 5.69 Å². The predicted molar refractivity (Wildman–Crippen MR) is 98.6 cm³/mol.